The SMILES string of the molecule is F[B-](F)(F)[C]=C(Br)CBr.[K+]. The Morgan fingerprint density at radius 1 is 1.40 bits per heavy atom. The van der Waals surface area contributed by atoms with E-state index >= 15 is 0 Å². The van der Waals surface area contributed by atoms with E-state index in [-0.39, 0.29) is 61.2 Å². The van der Waals surface area contributed by atoms with E-state index in [1.54, 1.807) is 0 Å². The predicted octanol–water partition coefficient (Wildman–Crippen LogP) is -0.146. The molecule has 0 atom stereocenters. The molecular formula is C3H2BBr2F3K. The van der Waals surface area contributed by atoms with E-state index in [1.807, 2.05) is 0 Å². The van der Waals surface area contributed by atoms with E-state index in [2.05, 4.69) is 31.9 Å². The van der Waals surface area contributed by atoms with Gasteiger partial charge >= 0.3 is 58.4 Å². The average Bonchev–Trinajstić information content (AvgIpc) is 1.62. The molecule has 1 radical (unpaired) electrons. The molecule has 0 saturated heterocycles. The fourth-order valence-corrected chi connectivity index (χ4v) is 0.638. The van der Waals surface area contributed by atoms with Crippen molar-refractivity contribution in [3.8, 4) is 0 Å². The van der Waals surface area contributed by atoms with Gasteiger partial charge in [-0.1, -0.05) is 31.9 Å². The second-order valence-electron chi connectivity index (χ2n) is 1.26. The number of allylic oxidation sites excluding steroid dienone is 1. The van der Waals surface area contributed by atoms with Crippen molar-refractivity contribution in [1.29, 1.82) is 0 Å². The molecule has 0 rings (SSSR count). The van der Waals surface area contributed by atoms with Gasteiger partial charge in [0.25, 0.3) is 0 Å². The number of halogens is 5. The molecule has 0 N–H and O–H groups in total. The third-order valence-corrected chi connectivity index (χ3v) is 2.26. The van der Waals surface area contributed by atoms with Crippen molar-refractivity contribution in [3.63, 3.8) is 0 Å². The second kappa shape index (κ2) is 6.68. The summed E-state index contributed by atoms with van der Waals surface area (Å²) in [4.78, 5) is 0. The molecule has 0 amide bonds. The molecule has 0 aliphatic carbocycles. The van der Waals surface area contributed by atoms with Gasteiger partial charge in [-0.25, -0.2) is 0 Å². The zero-order valence-corrected chi connectivity index (χ0v) is 11.5. The van der Waals surface area contributed by atoms with E-state index < -0.39 is 6.98 Å². The maximum atomic E-state index is 11.4. The molecule has 0 nitrogen and oxygen atoms in total. The van der Waals surface area contributed by atoms with Crippen LogP contribution in [0, 0.1) is 5.98 Å². The van der Waals surface area contributed by atoms with Crippen molar-refractivity contribution in [2.45, 2.75) is 0 Å². The molecule has 0 aliphatic heterocycles. The molecule has 0 bridgehead atoms. The minimum Gasteiger partial charge on any atom is -0.445 e. The molecule has 0 aliphatic rings. The van der Waals surface area contributed by atoms with Crippen molar-refractivity contribution in [2.24, 2.45) is 0 Å². The van der Waals surface area contributed by atoms with Gasteiger partial charge < -0.3 is 12.9 Å². The summed E-state index contributed by atoms with van der Waals surface area (Å²) in [6.45, 7) is -4.91. The van der Waals surface area contributed by atoms with Gasteiger partial charge in [0.1, 0.15) is 0 Å². The third-order valence-electron chi connectivity index (χ3n) is 0.438. The van der Waals surface area contributed by atoms with Crippen molar-refractivity contribution in [2.75, 3.05) is 5.33 Å². The molecule has 0 spiro atoms. The van der Waals surface area contributed by atoms with Crippen LogP contribution in [0.25, 0.3) is 0 Å². The molecule has 0 unspecified atom stereocenters. The number of hydrogen-bond acceptors (Lipinski definition) is 0. The van der Waals surface area contributed by atoms with Gasteiger partial charge in [0.05, 0.1) is 0 Å². The van der Waals surface area contributed by atoms with Gasteiger partial charge in [-0.2, -0.15) is 0 Å². The minimum absolute atomic E-state index is 0. The first-order valence-electron chi connectivity index (χ1n) is 2.00. The molecule has 0 aromatic carbocycles. The van der Waals surface area contributed by atoms with Gasteiger partial charge in [0.2, 0.25) is 0 Å². The molecule has 0 aromatic rings. The van der Waals surface area contributed by atoms with Crippen LogP contribution >= 0.6 is 31.9 Å². The molecule has 0 aromatic heterocycles. The Morgan fingerprint density at radius 3 is 1.90 bits per heavy atom. The van der Waals surface area contributed by atoms with E-state index in [0.29, 0.717) is 0 Å². The normalized spacial score (nSPS) is 12.7. The zero-order chi connectivity index (χ0) is 7.49. The van der Waals surface area contributed by atoms with Crippen LogP contribution in [0.15, 0.2) is 4.48 Å². The summed E-state index contributed by atoms with van der Waals surface area (Å²) in [5.74, 6) is 1.32. The smallest absolute Gasteiger partial charge is 0.445 e. The van der Waals surface area contributed by atoms with E-state index in [9.17, 15) is 12.9 Å². The molecule has 0 saturated carbocycles. The predicted molar refractivity (Wildman–Crippen MR) is 38.6 cm³/mol. The molecule has 0 fully saturated rings. The van der Waals surface area contributed by atoms with Gasteiger partial charge in [0, 0.05) is 5.33 Å². The zero-order valence-electron chi connectivity index (χ0n) is 5.17. The largest absolute Gasteiger partial charge is 1.00 e. The van der Waals surface area contributed by atoms with Crippen LogP contribution < -0.4 is 51.4 Å². The van der Waals surface area contributed by atoms with Crippen molar-refractivity contribution in [1.82, 2.24) is 0 Å². The summed E-state index contributed by atoms with van der Waals surface area (Å²) in [6.07, 6.45) is 0. The summed E-state index contributed by atoms with van der Waals surface area (Å²) in [6, 6.07) is 0. The van der Waals surface area contributed by atoms with Crippen LogP contribution in [0.3, 0.4) is 0 Å². The first-order chi connectivity index (χ1) is 3.95. The third kappa shape index (κ3) is 10.2. The number of rotatable bonds is 2. The molecule has 10 heavy (non-hydrogen) atoms. The summed E-state index contributed by atoms with van der Waals surface area (Å²) in [5.41, 5.74) is 0. The summed E-state index contributed by atoms with van der Waals surface area (Å²) in [7, 11) is 0. The summed E-state index contributed by atoms with van der Waals surface area (Å²) in [5, 5.41) is 0.147. The Hall–Kier alpha value is 2.19. The standard InChI is InChI=1S/C3H2BBr2F3.K/c5-2-3(6)1-4(7,8)9;/h2H2;/q-1;+1. The fraction of sp³-hybridized carbons (Fsp3) is 0.333. The quantitative estimate of drug-likeness (QED) is 0.492. The summed E-state index contributed by atoms with van der Waals surface area (Å²) < 4.78 is 34.1. The fourth-order valence-electron chi connectivity index (χ4n) is 0.216. The van der Waals surface area contributed by atoms with Gasteiger partial charge in [-0.15, -0.1) is 5.98 Å². The van der Waals surface area contributed by atoms with Gasteiger partial charge in [0.15, 0.2) is 0 Å². The Balaban J connectivity index is 0. The van der Waals surface area contributed by atoms with Crippen molar-refractivity contribution >= 4 is 38.8 Å². The second-order valence-corrected chi connectivity index (χ2v) is 2.78. The van der Waals surface area contributed by atoms with Gasteiger partial charge in [-0.05, 0) is 4.48 Å². The van der Waals surface area contributed by atoms with E-state index in [0.717, 1.165) is 0 Å². The maximum absolute atomic E-state index is 11.4. The topological polar surface area (TPSA) is 0 Å². The van der Waals surface area contributed by atoms with Gasteiger partial charge in [-0.3, -0.25) is 0 Å². The van der Waals surface area contributed by atoms with E-state index in [4.69, 9.17) is 0 Å². The molecule has 7 heteroatoms. The van der Waals surface area contributed by atoms with Crippen molar-refractivity contribution in [3.05, 3.63) is 10.5 Å². The Bertz CT molecular complexity index is 123. The Kier molecular flexibility index (Phi) is 9.82. The first-order valence-corrected chi connectivity index (χ1v) is 3.92. The molecular weight excluding hydrogens is 303 g/mol. The Labute approximate surface area is 117 Å². The Morgan fingerprint density at radius 2 is 1.80 bits per heavy atom. The van der Waals surface area contributed by atoms with E-state index in [1.165, 1.54) is 5.98 Å². The van der Waals surface area contributed by atoms with Crippen LogP contribution in [0.2, 0.25) is 0 Å². The molecule has 0 heterocycles. The van der Waals surface area contributed by atoms with Crippen LogP contribution in [0.5, 0.6) is 0 Å². The van der Waals surface area contributed by atoms with Crippen LogP contribution in [0.1, 0.15) is 0 Å². The van der Waals surface area contributed by atoms with Crippen LogP contribution in [0.4, 0.5) is 12.9 Å². The first kappa shape index (κ1) is 14.7. The van der Waals surface area contributed by atoms with Crippen molar-refractivity contribution < 1.29 is 64.3 Å². The number of alkyl halides is 1. The average molecular weight is 305 g/mol. The molecule has 53 valence electrons. The number of hydrogen-bond donors (Lipinski definition) is 0. The minimum atomic E-state index is -4.91. The van der Waals surface area contributed by atoms with Crippen LogP contribution in [-0.4, -0.2) is 12.3 Å². The monoisotopic (exact) mass is 303 g/mol. The maximum Gasteiger partial charge on any atom is 1.00 e. The van der Waals surface area contributed by atoms with Crippen LogP contribution in [-0.2, 0) is 0 Å². The summed E-state index contributed by atoms with van der Waals surface area (Å²) >= 11 is 5.50.